The Hall–Kier alpha value is -1.36. The molecule has 0 amide bonds. The summed E-state index contributed by atoms with van der Waals surface area (Å²) >= 11 is 0. The van der Waals surface area contributed by atoms with E-state index in [1.807, 2.05) is 0 Å². The third kappa shape index (κ3) is 0.824. The molecule has 0 fully saturated rings. The van der Waals surface area contributed by atoms with Crippen LogP contribution in [0.15, 0.2) is 24.5 Å². The maximum Gasteiger partial charge on any atom is 0.0992 e. The molecule has 0 radical (unpaired) electrons. The molecule has 1 aromatic heterocycles. The van der Waals surface area contributed by atoms with Crippen LogP contribution in [-0.2, 0) is 0 Å². The Morgan fingerprint density at radius 2 is 2.75 bits per heavy atom. The number of nitrogens with zero attached hydrogens (tertiary/aromatic N) is 2. The monoisotopic (exact) mass is 106 g/mol. The van der Waals surface area contributed by atoms with Crippen LogP contribution in [0.4, 0.5) is 0 Å². The molecule has 0 aliphatic carbocycles. The first-order valence-electron chi connectivity index (χ1n) is 3.07. The van der Waals surface area contributed by atoms with Crippen molar-refractivity contribution in [2.24, 2.45) is 0 Å². The third-order valence-electron chi connectivity index (χ3n) is 0.688. The van der Waals surface area contributed by atoms with Gasteiger partial charge in [0.15, 0.2) is 0 Å². The van der Waals surface area contributed by atoms with Crippen LogP contribution < -0.4 is 0 Å². The summed E-state index contributed by atoms with van der Waals surface area (Å²) < 4.78 is 14.1. The van der Waals surface area contributed by atoms with E-state index in [2.05, 4.69) is 4.98 Å². The van der Waals surface area contributed by atoms with Crippen LogP contribution in [0.3, 0.4) is 0 Å². The molecule has 0 aromatic carbocycles. The Morgan fingerprint density at radius 3 is 3.38 bits per heavy atom. The highest BCUT2D eigenvalue weighted by Crippen LogP contribution is 1.89. The van der Waals surface area contributed by atoms with Crippen molar-refractivity contribution in [3.63, 3.8) is 0 Å². The second-order valence-corrected chi connectivity index (χ2v) is 1.20. The fraction of sp³-hybridized carbons (Fsp3) is 0. The first kappa shape index (κ1) is 2.83. The summed E-state index contributed by atoms with van der Waals surface area (Å²) in [7, 11) is 0. The van der Waals surface area contributed by atoms with E-state index < -0.39 is 0 Å². The van der Waals surface area contributed by atoms with E-state index in [9.17, 15) is 0 Å². The molecule has 0 spiro atoms. The van der Waals surface area contributed by atoms with Gasteiger partial charge in [0.05, 0.1) is 14.4 Å². The van der Waals surface area contributed by atoms with Crippen molar-refractivity contribution >= 4 is 0 Å². The standard InChI is InChI=1S/C6H4N2/c7-5-6-1-3-8-4-2-6/h1-4H/i1D,4D. The van der Waals surface area contributed by atoms with Gasteiger partial charge in [0.25, 0.3) is 0 Å². The van der Waals surface area contributed by atoms with Gasteiger partial charge in [0, 0.05) is 12.4 Å². The van der Waals surface area contributed by atoms with Crippen molar-refractivity contribution in [2.45, 2.75) is 0 Å². The van der Waals surface area contributed by atoms with Crippen LogP contribution in [0.1, 0.15) is 8.30 Å². The summed E-state index contributed by atoms with van der Waals surface area (Å²) in [4.78, 5) is 3.52. The molecule has 0 atom stereocenters. The predicted molar refractivity (Wildman–Crippen MR) is 29.0 cm³/mol. The molecular weight excluding hydrogens is 100 g/mol. The van der Waals surface area contributed by atoms with E-state index in [1.54, 1.807) is 6.07 Å². The van der Waals surface area contributed by atoms with Gasteiger partial charge in [-0.25, -0.2) is 0 Å². The maximum atomic E-state index is 8.36. The maximum absolute atomic E-state index is 8.36. The zero-order chi connectivity index (χ0) is 7.56. The second-order valence-electron chi connectivity index (χ2n) is 1.20. The quantitative estimate of drug-likeness (QED) is 0.493. The van der Waals surface area contributed by atoms with E-state index in [4.69, 9.17) is 8.00 Å². The molecular formula is C6H4N2. The minimum Gasteiger partial charge on any atom is -0.265 e. The molecule has 8 heavy (non-hydrogen) atoms. The summed E-state index contributed by atoms with van der Waals surface area (Å²) in [5, 5.41) is 8.36. The average molecular weight is 106 g/mol. The summed E-state index contributed by atoms with van der Waals surface area (Å²) in [6.45, 7) is 0. The Kier molecular flexibility index (Phi) is 0.736. The van der Waals surface area contributed by atoms with Crippen molar-refractivity contribution in [3.8, 4) is 6.07 Å². The van der Waals surface area contributed by atoms with E-state index in [1.165, 1.54) is 12.3 Å². The smallest absolute Gasteiger partial charge is 0.0992 e. The van der Waals surface area contributed by atoms with E-state index in [0.717, 1.165) is 0 Å². The first-order valence-corrected chi connectivity index (χ1v) is 2.07. The highest BCUT2D eigenvalue weighted by atomic mass is 14.6. The minimum absolute atomic E-state index is 0.0209. The SMILES string of the molecule is [2H]c1cc(C#N)c([2H])cn1. The van der Waals surface area contributed by atoms with Crippen LogP contribution in [-0.4, -0.2) is 4.98 Å². The van der Waals surface area contributed by atoms with E-state index >= 15 is 0 Å². The number of hydrogen-bond donors (Lipinski definition) is 0. The summed E-state index contributed by atoms with van der Waals surface area (Å²) in [6, 6.07) is 3.12. The largest absolute Gasteiger partial charge is 0.265 e. The Labute approximate surface area is 50.2 Å². The lowest BCUT2D eigenvalue weighted by molar-refractivity contribution is 1.31. The fourth-order valence-corrected chi connectivity index (χ4v) is 0.347. The van der Waals surface area contributed by atoms with Gasteiger partial charge in [-0.05, 0) is 12.1 Å². The fourth-order valence-electron chi connectivity index (χ4n) is 0.347. The summed E-state index contributed by atoms with van der Waals surface area (Å²) in [5.41, 5.74) is 0.194. The van der Waals surface area contributed by atoms with Gasteiger partial charge >= 0.3 is 0 Å². The second kappa shape index (κ2) is 2.08. The van der Waals surface area contributed by atoms with Crippen molar-refractivity contribution in [2.75, 3.05) is 0 Å². The number of aromatic nitrogens is 1. The minimum atomic E-state index is 0.0209. The van der Waals surface area contributed by atoms with Crippen LogP contribution in [0, 0.1) is 11.3 Å². The molecule has 0 N–H and O–H groups in total. The molecule has 38 valence electrons. The number of nitriles is 1. The van der Waals surface area contributed by atoms with Gasteiger partial charge in [-0.3, -0.25) is 4.98 Å². The molecule has 2 nitrogen and oxygen atoms in total. The van der Waals surface area contributed by atoms with Gasteiger partial charge in [0.1, 0.15) is 0 Å². The topological polar surface area (TPSA) is 36.7 Å². The van der Waals surface area contributed by atoms with Crippen molar-refractivity contribution in [3.05, 3.63) is 30.0 Å². The molecule has 1 rings (SSSR count). The third-order valence-corrected chi connectivity index (χ3v) is 0.688. The van der Waals surface area contributed by atoms with Crippen LogP contribution >= 0.6 is 0 Å². The van der Waals surface area contributed by atoms with Crippen LogP contribution in [0.5, 0.6) is 0 Å². The predicted octanol–water partition coefficient (Wildman–Crippen LogP) is 0.953. The van der Waals surface area contributed by atoms with Crippen molar-refractivity contribution in [1.82, 2.24) is 4.98 Å². The molecule has 2 heteroatoms. The normalized spacial score (nSPS) is 11.4. The van der Waals surface area contributed by atoms with E-state index in [-0.39, 0.29) is 17.8 Å². The van der Waals surface area contributed by atoms with Crippen LogP contribution in [0.2, 0.25) is 0 Å². The van der Waals surface area contributed by atoms with Gasteiger partial charge in [-0.2, -0.15) is 5.26 Å². The zero-order valence-corrected chi connectivity index (χ0v) is 4.05. The molecule has 0 saturated carbocycles. The molecule has 0 unspecified atom stereocenters. The lowest BCUT2D eigenvalue weighted by Gasteiger charge is -1.79. The van der Waals surface area contributed by atoms with Crippen LogP contribution in [0.25, 0.3) is 0 Å². The summed E-state index contributed by atoms with van der Waals surface area (Å²) in [5.74, 6) is 0. The summed E-state index contributed by atoms with van der Waals surface area (Å²) in [6.07, 6.45) is 1.22. The van der Waals surface area contributed by atoms with Gasteiger partial charge in [-0.1, -0.05) is 0 Å². The molecule has 0 aliphatic heterocycles. The average Bonchev–Trinajstić information content (AvgIpc) is 1.94. The van der Waals surface area contributed by atoms with Crippen molar-refractivity contribution in [1.29, 1.82) is 5.26 Å². The highest BCUT2D eigenvalue weighted by molar-refractivity contribution is 5.24. The van der Waals surface area contributed by atoms with E-state index in [0.29, 0.717) is 0 Å². The Bertz CT molecular complexity index is 290. The first-order chi connectivity index (χ1) is 4.74. The zero-order valence-electron chi connectivity index (χ0n) is 6.05. The lowest BCUT2D eigenvalue weighted by Crippen LogP contribution is -1.71. The molecule has 1 aromatic rings. The number of rotatable bonds is 0. The molecule has 0 aliphatic rings. The molecule has 1 heterocycles. The Balaban J connectivity index is 3.25. The van der Waals surface area contributed by atoms with Crippen molar-refractivity contribution < 1.29 is 2.74 Å². The molecule has 0 bridgehead atoms. The Morgan fingerprint density at radius 1 is 1.88 bits per heavy atom. The van der Waals surface area contributed by atoms with Gasteiger partial charge < -0.3 is 0 Å². The highest BCUT2D eigenvalue weighted by Gasteiger charge is 1.80. The number of pyridine rings is 1. The molecule has 0 saturated heterocycles. The number of hydrogen-bond acceptors (Lipinski definition) is 2. The van der Waals surface area contributed by atoms with Gasteiger partial charge in [0.2, 0.25) is 0 Å². The lowest BCUT2D eigenvalue weighted by atomic mass is 10.3. The van der Waals surface area contributed by atoms with Gasteiger partial charge in [-0.15, -0.1) is 0 Å².